The van der Waals surface area contributed by atoms with Crippen LogP contribution in [0.5, 0.6) is 0 Å². The van der Waals surface area contributed by atoms with Crippen molar-refractivity contribution in [3.8, 4) is 6.07 Å². The van der Waals surface area contributed by atoms with Crippen LogP contribution >= 0.6 is 11.6 Å². The van der Waals surface area contributed by atoms with Crippen molar-refractivity contribution >= 4 is 33.3 Å². The molecule has 45 heavy (non-hydrogen) atoms. The Morgan fingerprint density at radius 1 is 1.00 bits per heavy atom. The van der Waals surface area contributed by atoms with Crippen LogP contribution in [0.15, 0.2) is 47.4 Å². The molecule has 2 amide bonds. The van der Waals surface area contributed by atoms with E-state index in [1.807, 2.05) is 6.07 Å². The van der Waals surface area contributed by atoms with E-state index < -0.39 is 56.2 Å². The quantitative estimate of drug-likeness (QED) is 0.362. The number of nitrogens with zero attached hydrogens (tertiary/aromatic N) is 3. The summed E-state index contributed by atoms with van der Waals surface area (Å²) < 4.78 is 123. The summed E-state index contributed by atoms with van der Waals surface area (Å²) >= 11 is 5.95. The Bertz CT molecular complexity index is 1660. The third kappa shape index (κ3) is 4.95. The van der Waals surface area contributed by atoms with Gasteiger partial charge in [0, 0.05) is 30.1 Å². The first-order valence-electron chi connectivity index (χ1n) is 13.8. The summed E-state index contributed by atoms with van der Waals surface area (Å²) in [6.45, 7) is -0.181. The molecule has 2 heterocycles. The number of carbonyl (C=O) groups is 2. The van der Waals surface area contributed by atoms with Gasteiger partial charge in [-0.2, -0.15) is 31.6 Å². The van der Waals surface area contributed by atoms with Crippen LogP contribution in [0, 0.1) is 11.3 Å². The van der Waals surface area contributed by atoms with Crippen LogP contribution in [0.1, 0.15) is 48.8 Å². The van der Waals surface area contributed by atoms with E-state index in [0.717, 1.165) is 6.07 Å². The van der Waals surface area contributed by atoms with Gasteiger partial charge >= 0.3 is 18.0 Å². The number of alkyl halides is 7. The van der Waals surface area contributed by atoms with Crippen LogP contribution in [-0.2, 0) is 36.3 Å². The van der Waals surface area contributed by atoms with Crippen molar-refractivity contribution in [2.24, 2.45) is 0 Å². The summed E-state index contributed by atoms with van der Waals surface area (Å²) in [5, 5.41) is 9.19. The number of halogens is 8. The van der Waals surface area contributed by atoms with Crippen LogP contribution in [0.25, 0.3) is 0 Å². The maximum atomic E-state index is 15.0. The Balaban J connectivity index is 1.65. The topological polar surface area (TPSA) is 98.5 Å². The molecule has 0 bridgehead atoms. The Kier molecular flexibility index (Phi) is 8.18. The van der Waals surface area contributed by atoms with Gasteiger partial charge in [0.2, 0.25) is 11.8 Å². The Morgan fingerprint density at radius 3 is 2.24 bits per heavy atom. The van der Waals surface area contributed by atoms with E-state index in [1.54, 1.807) is 0 Å². The van der Waals surface area contributed by atoms with Crippen molar-refractivity contribution in [3.63, 3.8) is 0 Å². The monoisotopic (exact) mass is 679 g/mol. The number of nitriles is 1. The van der Waals surface area contributed by atoms with Crippen molar-refractivity contribution in [3.05, 3.63) is 64.2 Å². The van der Waals surface area contributed by atoms with Gasteiger partial charge in [0.25, 0.3) is 0 Å². The van der Waals surface area contributed by atoms with Gasteiger partial charge < -0.3 is 9.80 Å². The summed E-state index contributed by atoms with van der Waals surface area (Å²) in [5.74, 6) is -0.928. The first-order valence-corrected chi connectivity index (χ1v) is 15.7. The van der Waals surface area contributed by atoms with Crippen LogP contribution in [-0.4, -0.2) is 67.6 Å². The highest BCUT2D eigenvalue weighted by atomic mass is 35.5. The predicted molar refractivity (Wildman–Crippen MR) is 145 cm³/mol. The second-order valence-corrected chi connectivity index (χ2v) is 13.9. The van der Waals surface area contributed by atoms with Gasteiger partial charge in [-0.05, 0) is 61.1 Å². The lowest BCUT2D eigenvalue weighted by molar-refractivity contribution is -0.348. The highest BCUT2D eigenvalue weighted by Gasteiger charge is 2.74. The number of aryl methyl sites for hydroxylation is 1. The van der Waals surface area contributed by atoms with E-state index in [2.05, 4.69) is 0 Å². The molecule has 2 aromatic carbocycles. The maximum Gasteiger partial charge on any atom is 0.435 e. The summed E-state index contributed by atoms with van der Waals surface area (Å²) in [4.78, 5) is 28.7. The minimum atomic E-state index is -6.36. The van der Waals surface area contributed by atoms with Gasteiger partial charge in [-0.15, -0.1) is 0 Å². The summed E-state index contributed by atoms with van der Waals surface area (Å²) in [5.41, 5.74) is -7.81. The van der Waals surface area contributed by atoms with Gasteiger partial charge in [-0.25, -0.2) is 12.8 Å². The first kappa shape index (κ1) is 33.0. The zero-order chi connectivity index (χ0) is 33.2. The molecule has 3 aliphatic rings. The van der Waals surface area contributed by atoms with Crippen molar-refractivity contribution in [1.82, 2.24) is 9.80 Å². The standard InChI is InChI=1S/C29H25ClF7N3O4S/c30-19-4-6-20(7-5-19)45(43,44)26-12-15-40(25(42)22-9-11-24(41)39(22)14-1-13-38)23(26)10-2-17-16-18(3-8-21(17)26)27(31,28(32,33)34)29(35,36)37/h3-8,16,22-23H,1-2,9-12,14-15H2/t22-,23?,26?/m1/s1. The molecule has 0 radical (unpaired) electrons. The molecule has 2 aliphatic heterocycles. The number of benzene rings is 2. The lowest BCUT2D eigenvalue weighted by atomic mass is 9.76. The van der Waals surface area contributed by atoms with Crippen molar-refractivity contribution in [2.75, 3.05) is 13.1 Å². The number of fused-ring (bicyclic) bond motifs is 3. The van der Waals surface area contributed by atoms with Gasteiger partial charge in [-0.3, -0.25) is 9.59 Å². The zero-order valence-corrected chi connectivity index (χ0v) is 24.8. The lowest BCUT2D eigenvalue weighted by Gasteiger charge is -2.43. The normalized spacial score (nSPS) is 23.9. The van der Waals surface area contributed by atoms with Crippen molar-refractivity contribution < 1.29 is 48.7 Å². The Morgan fingerprint density at radius 2 is 1.64 bits per heavy atom. The minimum Gasteiger partial charge on any atom is -0.336 e. The molecule has 0 aromatic heterocycles. The minimum absolute atomic E-state index is 0.0204. The van der Waals surface area contributed by atoms with Gasteiger partial charge in [0.1, 0.15) is 10.8 Å². The molecule has 2 unspecified atom stereocenters. The number of hydrogen-bond donors (Lipinski definition) is 0. The molecule has 2 fully saturated rings. The number of sulfone groups is 1. The van der Waals surface area contributed by atoms with Crippen LogP contribution < -0.4 is 0 Å². The highest BCUT2D eigenvalue weighted by molar-refractivity contribution is 7.92. The third-order valence-electron chi connectivity index (χ3n) is 9.03. The van der Waals surface area contributed by atoms with E-state index in [-0.39, 0.29) is 78.6 Å². The number of amides is 2. The van der Waals surface area contributed by atoms with E-state index in [1.165, 1.54) is 34.1 Å². The molecule has 0 spiro atoms. The molecular formula is C29H25ClF7N3O4S. The average Bonchev–Trinajstić information content (AvgIpc) is 3.55. The summed E-state index contributed by atoms with van der Waals surface area (Å²) in [6.07, 6.45) is -13.4. The first-order chi connectivity index (χ1) is 20.9. The number of hydrogen-bond acceptors (Lipinski definition) is 5. The summed E-state index contributed by atoms with van der Waals surface area (Å²) in [7, 11) is -4.54. The third-order valence-corrected chi connectivity index (χ3v) is 11.8. The van der Waals surface area contributed by atoms with E-state index in [9.17, 15) is 44.3 Å². The summed E-state index contributed by atoms with van der Waals surface area (Å²) in [6, 6.07) is 6.30. The molecule has 7 nitrogen and oxygen atoms in total. The fourth-order valence-corrected chi connectivity index (χ4v) is 9.44. The van der Waals surface area contributed by atoms with E-state index >= 15 is 4.39 Å². The second-order valence-electron chi connectivity index (χ2n) is 11.3. The highest BCUT2D eigenvalue weighted by Crippen LogP contribution is 2.57. The van der Waals surface area contributed by atoms with E-state index in [0.29, 0.717) is 12.1 Å². The fourth-order valence-electron chi connectivity index (χ4n) is 6.95. The molecule has 3 atom stereocenters. The maximum absolute atomic E-state index is 15.0. The number of carbonyl (C=O) groups excluding carboxylic acids is 2. The zero-order valence-electron chi connectivity index (χ0n) is 23.3. The fraction of sp³-hybridized carbons (Fsp3) is 0.483. The van der Waals surface area contributed by atoms with Crippen LogP contribution in [0.3, 0.4) is 0 Å². The van der Waals surface area contributed by atoms with Crippen LogP contribution in [0.2, 0.25) is 5.02 Å². The molecule has 0 saturated carbocycles. The van der Waals surface area contributed by atoms with Gasteiger partial charge in [0.15, 0.2) is 9.84 Å². The average molecular weight is 680 g/mol. The molecule has 0 N–H and O–H groups in total. The number of likely N-dealkylation sites (tertiary alicyclic amines) is 2. The molecule has 2 saturated heterocycles. The molecule has 2 aromatic rings. The van der Waals surface area contributed by atoms with Crippen molar-refractivity contribution in [2.45, 2.75) is 78.3 Å². The molecule has 16 heteroatoms. The van der Waals surface area contributed by atoms with Gasteiger partial charge in [0.05, 0.1) is 23.4 Å². The number of rotatable bonds is 6. The van der Waals surface area contributed by atoms with Gasteiger partial charge in [-0.1, -0.05) is 29.8 Å². The largest absolute Gasteiger partial charge is 0.435 e. The van der Waals surface area contributed by atoms with Crippen molar-refractivity contribution in [1.29, 1.82) is 5.26 Å². The molecule has 1 aliphatic carbocycles. The van der Waals surface area contributed by atoms with Crippen LogP contribution in [0.4, 0.5) is 30.7 Å². The molecule has 242 valence electrons. The second kappa shape index (κ2) is 11.2. The predicted octanol–water partition coefficient (Wildman–Crippen LogP) is 5.75. The Hall–Kier alpha value is -3.38. The van der Waals surface area contributed by atoms with E-state index in [4.69, 9.17) is 16.9 Å². The Labute approximate surface area is 258 Å². The molecular weight excluding hydrogens is 655 g/mol. The smallest absolute Gasteiger partial charge is 0.336 e. The molecule has 5 rings (SSSR count). The SMILES string of the molecule is N#CCCN1C(=O)CC[C@@H]1C(=O)N1CCC2(S(=O)(=O)c3ccc(Cl)cc3)c3ccc(C(F)(C(F)(F)F)C(F)(F)F)cc3CCC12. The lowest BCUT2D eigenvalue weighted by Crippen LogP contribution is -2.55.